The van der Waals surface area contributed by atoms with Crippen LogP contribution in [0.15, 0.2) is 48.5 Å². The van der Waals surface area contributed by atoms with Crippen LogP contribution in [-0.2, 0) is 5.41 Å². The Labute approximate surface area is 169 Å². The van der Waals surface area contributed by atoms with Gasteiger partial charge in [0.15, 0.2) is 0 Å². The fraction of sp³-hybridized carbons (Fsp3) is 0.520. The molecule has 0 N–H and O–H groups in total. The van der Waals surface area contributed by atoms with Gasteiger partial charge in [0.1, 0.15) is 11.6 Å². The van der Waals surface area contributed by atoms with Crippen molar-refractivity contribution in [3.8, 4) is 5.75 Å². The molecule has 0 saturated carbocycles. The van der Waals surface area contributed by atoms with Gasteiger partial charge in [-0.3, -0.25) is 0 Å². The van der Waals surface area contributed by atoms with Crippen molar-refractivity contribution in [3.63, 3.8) is 0 Å². The molecule has 3 rings (SSSR count). The van der Waals surface area contributed by atoms with Gasteiger partial charge in [0.25, 0.3) is 0 Å². The van der Waals surface area contributed by atoms with Gasteiger partial charge in [0.05, 0.1) is 6.61 Å². The van der Waals surface area contributed by atoms with E-state index in [1.54, 1.807) is 12.1 Å². The Morgan fingerprint density at radius 2 is 1.71 bits per heavy atom. The molecule has 2 atom stereocenters. The lowest BCUT2D eigenvalue weighted by Crippen LogP contribution is -2.42. The predicted octanol–water partition coefficient (Wildman–Crippen LogP) is 6.02. The molecule has 1 aliphatic rings. The quantitative estimate of drug-likeness (QED) is 0.605. The first-order valence-electron chi connectivity index (χ1n) is 10.6. The second-order valence-electron chi connectivity index (χ2n) is 9.09. The van der Waals surface area contributed by atoms with Crippen LogP contribution < -0.4 is 4.74 Å². The highest BCUT2D eigenvalue weighted by atomic mass is 19.1. The molecule has 28 heavy (non-hydrogen) atoms. The molecule has 1 aliphatic heterocycles. The molecule has 1 saturated heterocycles. The highest BCUT2D eigenvalue weighted by Gasteiger charge is 2.30. The number of likely N-dealkylation sites (tertiary alicyclic amines) is 1. The summed E-state index contributed by atoms with van der Waals surface area (Å²) in [6.07, 6.45) is 2.27. The van der Waals surface area contributed by atoms with Crippen molar-refractivity contribution >= 4 is 0 Å². The second-order valence-corrected chi connectivity index (χ2v) is 9.09. The second kappa shape index (κ2) is 9.09. The third-order valence-electron chi connectivity index (χ3n) is 5.84. The van der Waals surface area contributed by atoms with Crippen LogP contribution in [-0.4, -0.2) is 31.1 Å². The molecule has 0 aromatic heterocycles. The third kappa shape index (κ3) is 5.35. The van der Waals surface area contributed by atoms with Gasteiger partial charge < -0.3 is 9.64 Å². The number of nitrogens with zero attached hydrogens (tertiary/aromatic N) is 1. The molecule has 0 bridgehead atoms. The van der Waals surface area contributed by atoms with E-state index in [2.05, 4.69) is 56.9 Å². The molecule has 0 amide bonds. The van der Waals surface area contributed by atoms with Gasteiger partial charge >= 0.3 is 0 Å². The van der Waals surface area contributed by atoms with E-state index in [4.69, 9.17) is 4.74 Å². The van der Waals surface area contributed by atoms with Crippen LogP contribution in [0, 0.1) is 11.7 Å². The van der Waals surface area contributed by atoms with E-state index in [1.165, 1.54) is 17.5 Å². The van der Waals surface area contributed by atoms with Gasteiger partial charge in [-0.05, 0) is 72.7 Å². The van der Waals surface area contributed by atoms with Crippen LogP contribution >= 0.6 is 0 Å². The number of hydrogen-bond donors (Lipinski definition) is 0. The molecule has 0 aliphatic carbocycles. The molecule has 0 radical (unpaired) electrons. The summed E-state index contributed by atoms with van der Waals surface area (Å²) in [6, 6.07) is 15.5. The summed E-state index contributed by atoms with van der Waals surface area (Å²) >= 11 is 0. The number of hydrogen-bond acceptors (Lipinski definition) is 2. The van der Waals surface area contributed by atoms with Crippen molar-refractivity contribution in [3.05, 3.63) is 65.5 Å². The summed E-state index contributed by atoms with van der Waals surface area (Å²) in [5, 5.41) is 0. The molecule has 2 nitrogen and oxygen atoms in total. The van der Waals surface area contributed by atoms with Crippen molar-refractivity contribution in [2.45, 2.75) is 51.9 Å². The van der Waals surface area contributed by atoms with Crippen LogP contribution in [0.2, 0.25) is 0 Å². The number of rotatable bonds is 6. The number of benzene rings is 2. The Hall–Kier alpha value is -1.87. The molecule has 1 heterocycles. The van der Waals surface area contributed by atoms with E-state index < -0.39 is 0 Å². The summed E-state index contributed by atoms with van der Waals surface area (Å²) in [7, 11) is 0. The minimum Gasteiger partial charge on any atom is -0.493 e. The first-order valence-corrected chi connectivity index (χ1v) is 10.6. The van der Waals surface area contributed by atoms with Gasteiger partial charge in [-0.25, -0.2) is 4.39 Å². The lowest BCUT2D eigenvalue weighted by atomic mass is 9.80. The van der Waals surface area contributed by atoms with Crippen LogP contribution in [0.1, 0.15) is 57.6 Å². The zero-order valence-corrected chi connectivity index (χ0v) is 17.7. The topological polar surface area (TPSA) is 12.5 Å². The zero-order chi connectivity index (χ0) is 20.1. The van der Waals surface area contributed by atoms with Crippen molar-refractivity contribution in [2.24, 2.45) is 5.92 Å². The molecule has 3 heteroatoms. The molecule has 0 spiro atoms. The maximum atomic E-state index is 13.4. The van der Waals surface area contributed by atoms with Gasteiger partial charge in [-0.2, -0.15) is 0 Å². The Morgan fingerprint density at radius 3 is 2.32 bits per heavy atom. The molecular formula is C25H34FNO. The van der Waals surface area contributed by atoms with Crippen molar-refractivity contribution in [1.82, 2.24) is 4.90 Å². The number of piperidine rings is 1. The highest BCUT2D eigenvalue weighted by Crippen LogP contribution is 2.34. The Kier molecular flexibility index (Phi) is 6.77. The fourth-order valence-corrected chi connectivity index (χ4v) is 4.20. The first-order chi connectivity index (χ1) is 13.4. The van der Waals surface area contributed by atoms with Gasteiger partial charge in [0.2, 0.25) is 0 Å². The number of ether oxygens (including phenoxy) is 1. The van der Waals surface area contributed by atoms with Gasteiger partial charge in [-0.1, -0.05) is 52.0 Å². The van der Waals surface area contributed by atoms with E-state index in [-0.39, 0.29) is 11.2 Å². The summed E-state index contributed by atoms with van der Waals surface area (Å²) in [6.45, 7) is 12.9. The number of halogens is 1. The van der Waals surface area contributed by atoms with E-state index >= 15 is 0 Å². The summed E-state index contributed by atoms with van der Waals surface area (Å²) in [5.74, 6) is 1.59. The molecule has 1 fully saturated rings. The molecular weight excluding hydrogens is 349 g/mol. The maximum absolute atomic E-state index is 13.4. The molecule has 2 unspecified atom stereocenters. The predicted molar refractivity (Wildman–Crippen MR) is 115 cm³/mol. The standard InChI is InChI=1S/C25H34FNO/c1-5-15-27-16-14-24(19-6-10-22(26)11-7-19)20(17-27)18-28-23-12-8-21(9-13-23)25(2,3)4/h6-13,20,24H,5,14-18H2,1-4H3. The fourth-order valence-electron chi connectivity index (χ4n) is 4.20. The maximum Gasteiger partial charge on any atom is 0.123 e. The van der Waals surface area contributed by atoms with Crippen LogP contribution in [0.3, 0.4) is 0 Å². The van der Waals surface area contributed by atoms with Crippen LogP contribution in [0.5, 0.6) is 5.75 Å². The monoisotopic (exact) mass is 383 g/mol. The smallest absolute Gasteiger partial charge is 0.123 e. The minimum atomic E-state index is -0.168. The lowest BCUT2D eigenvalue weighted by molar-refractivity contribution is 0.111. The summed E-state index contributed by atoms with van der Waals surface area (Å²) < 4.78 is 19.6. The van der Waals surface area contributed by atoms with E-state index in [1.807, 2.05) is 12.1 Å². The SMILES string of the molecule is CCCN1CCC(c2ccc(F)cc2)C(COc2ccc(C(C)(C)C)cc2)C1. The zero-order valence-electron chi connectivity index (χ0n) is 17.7. The van der Waals surface area contributed by atoms with Crippen molar-refractivity contribution in [2.75, 3.05) is 26.2 Å². The lowest BCUT2D eigenvalue weighted by Gasteiger charge is -2.38. The van der Waals surface area contributed by atoms with E-state index in [0.717, 1.165) is 31.8 Å². The third-order valence-corrected chi connectivity index (χ3v) is 5.84. The Balaban J connectivity index is 1.70. The molecule has 2 aromatic carbocycles. The Morgan fingerprint density at radius 1 is 1.04 bits per heavy atom. The summed E-state index contributed by atoms with van der Waals surface area (Å²) in [4.78, 5) is 2.54. The highest BCUT2D eigenvalue weighted by molar-refractivity contribution is 5.31. The van der Waals surface area contributed by atoms with Gasteiger partial charge in [-0.15, -0.1) is 0 Å². The van der Waals surface area contributed by atoms with Crippen molar-refractivity contribution < 1.29 is 9.13 Å². The Bertz CT molecular complexity index is 733. The average Bonchev–Trinajstić information content (AvgIpc) is 2.67. The van der Waals surface area contributed by atoms with E-state index in [9.17, 15) is 4.39 Å². The minimum absolute atomic E-state index is 0.149. The summed E-state index contributed by atoms with van der Waals surface area (Å²) in [5.41, 5.74) is 2.70. The largest absolute Gasteiger partial charge is 0.493 e. The molecule has 152 valence electrons. The van der Waals surface area contributed by atoms with Crippen LogP contribution in [0.25, 0.3) is 0 Å². The van der Waals surface area contributed by atoms with E-state index in [0.29, 0.717) is 18.4 Å². The normalized spacial score (nSPS) is 20.9. The first kappa shape index (κ1) is 20.9. The molecule has 2 aromatic rings. The van der Waals surface area contributed by atoms with Crippen molar-refractivity contribution in [1.29, 1.82) is 0 Å². The van der Waals surface area contributed by atoms with Crippen LogP contribution in [0.4, 0.5) is 4.39 Å². The average molecular weight is 384 g/mol. The van der Waals surface area contributed by atoms with Gasteiger partial charge in [0, 0.05) is 12.5 Å².